The van der Waals surface area contributed by atoms with Crippen LogP contribution >= 0.6 is 0 Å². The van der Waals surface area contributed by atoms with Gasteiger partial charge >= 0.3 is 0 Å². The molecule has 5 nitrogen and oxygen atoms in total. The fourth-order valence-corrected chi connectivity index (χ4v) is 2.27. The number of benzene rings is 1. The van der Waals surface area contributed by atoms with E-state index in [-0.39, 0.29) is 12.3 Å². The summed E-state index contributed by atoms with van der Waals surface area (Å²) in [4.78, 5) is 23.0. The molecule has 1 heterocycles. The van der Waals surface area contributed by atoms with Crippen molar-refractivity contribution in [2.75, 3.05) is 13.2 Å². The van der Waals surface area contributed by atoms with Crippen molar-refractivity contribution in [3.05, 3.63) is 35.4 Å². The first-order chi connectivity index (χ1) is 9.49. The van der Waals surface area contributed by atoms with E-state index in [1.807, 2.05) is 31.2 Å². The highest BCUT2D eigenvalue weighted by Crippen LogP contribution is 2.21. The summed E-state index contributed by atoms with van der Waals surface area (Å²) in [7, 11) is 0. The van der Waals surface area contributed by atoms with Gasteiger partial charge in [-0.15, -0.1) is 0 Å². The fourth-order valence-electron chi connectivity index (χ4n) is 2.27. The standard InChI is InChI=1S/C15H20N2O3/c1-11-2-4-12(5-3-11)6-7-14(19)17-15(8-13(16)18)9-20-10-15/h2-5H,6-10H2,1H3,(H2,16,18)(H,17,19). The van der Waals surface area contributed by atoms with Crippen molar-refractivity contribution >= 4 is 11.8 Å². The van der Waals surface area contributed by atoms with Gasteiger partial charge in [0.05, 0.1) is 25.2 Å². The zero-order chi connectivity index (χ0) is 14.6. The number of ether oxygens (including phenoxy) is 1. The van der Waals surface area contributed by atoms with Crippen molar-refractivity contribution in [2.45, 2.75) is 31.7 Å². The molecule has 1 aromatic carbocycles. The Hall–Kier alpha value is -1.88. The SMILES string of the molecule is Cc1ccc(CCC(=O)NC2(CC(N)=O)COC2)cc1. The number of nitrogens with one attached hydrogen (secondary N) is 1. The van der Waals surface area contributed by atoms with Crippen LogP contribution in [0.25, 0.3) is 0 Å². The van der Waals surface area contributed by atoms with Crippen LogP contribution in [-0.4, -0.2) is 30.6 Å². The van der Waals surface area contributed by atoms with Crippen LogP contribution in [0, 0.1) is 6.92 Å². The van der Waals surface area contributed by atoms with Gasteiger partial charge in [0.2, 0.25) is 11.8 Å². The molecule has 20 heavy (non-hydrogen) atoms. The van der Waals surface area contributed by atoms with Crippen molar-refractivity contribution in [1.29, 1.82) is 0 Å². The fraction of sp³-hybridized carbons (Fsp3) is 0.467. The second kappa shape index (κ2) is 6.05. The van der Waals surface area contributed by atoms with Gasteiger partial charge in [0.25, 0.3) is 0 Å². The number of hydrogen-bond donors (Lipinski definition) is 2. The molecule has 1 aliphatic rings. The number of primary amides is 1. The van der Waals surface area contributed by atoms with Crippen LogP contribution in [0.3, 0.4) is 0 Å². The predicted molar refractivity (Wildman–Crippen MR) is 75.0 cm³/mol. The molecule has 0 saturated carbocycles. The lowest BCUT2D eigenvalue weighted by molar-refractivity contribution is -0.138. The molecule has 0 unspecified atom stereocenters. The lowest BCUT2D eigenvalue weighted by atomic mass is 9.92. The van der Waals surface area contributed by atoms with Crippen LogP contribution in [0.1, 0.15) is 24.0 Å². The maximum absolute atomic E-state index is 12.0. The molecule has 5 heteroatoms. The largest absolute Gasteiger partial charge is 0.376 e. The molecule has 1 fully saturated rings. The average molecular weight is 276 g/mol. The molecule has 2 rings (SSSR count). The van der Waals surface area contributed by atoms with Gasteiger partial charge in [0.15, 0.2) is 0 Å². The summed E-state index contributed by atoms with van der Waals surface area (Å²) in [5.41, 5.74) is 6.93. The zero-order valence-electron chi connectivity index (χ0n) is 11.6. The van der Waals surface area contributed by atoms with Gasteiger partial charge in [-0.3, -0.25) is 9.59 Å². The van der Waals surface area contributed by atoms with Crippen LogP contribution < -0.4 is 11.1 Å². The molecule has 1 saturated heterocycles. The smallest absolute Gasteiger partial charge is 0.220 e. The Kier molecular flexibility index (Phi) is 4.39. The van der Waals surface area contributed by atoms with Crippen LogP contribution in [0.4, 0.5) is 0 Å². The molecule has 0 radical (unpaired) electrons. The van der Waals surface area contributed by atoms with Gasteiger partial charge in [-0.1, -0.05) is 29.8 Å². The summed E-state index contributed by atoms with van der Waals surface area (Å²) in [5.74, 6) is -0.498. The monoisotopic (exact) mass is 276 g/mol. The van der Waals surface area contributed by atoms with Crippen LogP contribution in [0.15, 0.2) is 24.3 Å². The molecule has 0 aromatic heterocycles. The van der Waals surface area contributed by atoms with Crippen LogP contribution in [0.5, 0.6) is 0 Å². The lowest BCUT2D eigenvalue weighted by Gasteiger charge is -2.41. The van der Waals surface area contributed by atoms with Crippen molar-refractivity contribution in [2.24, 2.45) is 5.73 Å². The Morgan fingerprint density at radius 2 is 1.95 bits per heavy atom. The molecule has 0 spiro atoms. The Morgan fingerprint density at radius 1 is 1.30 bits per heavy atom. The minimum Gasteiger partial charge on any atom is -0.376 e. The molecular weight excluding hydrogens is 256 g/mol. The number of aryl methyl sites for hydroxylation is 2. The molecule has 0 aliphatic carbocycles. The second-order valence-corrected chi connectivity index (χ2v) is 5.45. The van der Waals surface area contributed by atoms with E-state index in [9.17, 15) is 9.59 Å². The molecule has 0 atom stereocenters. The molecule has 1 aromatic rings. The number of carbonyl (C=O) groups is 2. The summed E-state index contributed by atoms with van der Waals surface area (Å²) < 4.78 is 5.09. The Labute approximate surface area is 118 Å². The molecule has 108 valence electrons. The Bertz CT molecular complexity index is 492. The highest BCUT2D eigenvalue weighted by molar-refractivity contribution is 5.80. The van der Waals surface area contributed by atoms with Crippen molar-refractivity contribution in [1.82, 2.24) is 5.32 Å². The van der Waals surface area contributed by atoms with Gasteiger partial charge in [-0.05, 0) is 18.9 Å². The van der Waals surface area contributed by atoms with Gasteiger partial charge in [0.1, 0.15) is 0 Å². The van der Waals surface area contributed by atoms with Crippen LogP contribution in [0.2, 0.25) is 0 Å². The summed E-state index contributed by atoms with van der Waals surface area (Å²) in [5, 5.41) is 2.88. The first-order valence-corrected chi connectivity index (χ1v) is 6.72. The first-order valence-electron chi connectivity index (χ1n) is 6.72. The van der Waals surface area contributed by atoms with Gasteiger partial charge in [-0.25, -0.2) is 0 Å². The second-order valence-electron chi connectivity index (χ2n) is 5.45. The van der Waals surface area contributed by atoms with E-state index in [1.54, 1.807) is 0 Å². The van der Waals surface area contributed by atoms with Crippen LogP contribution in [-0.2, 0) is 20.7 Å². The van der Waals surface area contributed by atoms with Gasteiger partial charge in [0, 0.05) is 6.42 Å². The number of carbonyl (C=O) groups excluding carboxylic acids is 2. The number of rotatable bonds is 6. The maximum Gasteiger partial charge on any atom is 0.220 e. The van der Waals surface area contributed by atoms with E-state index in [4.69, 9.17) is 10.5 Å². The number of hydrogen-bond acceptors (Lipinski definition) is 3. The van der Waals surface area contributed by atoms with E-state index < -0.39 is 11.4 Å². The molecule has 0 bridgehead atoms. The zero-order valence-corrected chi connectivity index (χ0v) is 11.6. The summed E-state index contributed by atoms with van der Waals surface area (Å²) in [6.45, 7) is 2.74. The topological polar surface area (TPSA) is 81.4 Å². The highest BCUT2D eigenvalue weighted by atomic mass is 16.5. The number of nitrogens with two attached hydrogens (primary N) is 1. The maximum atomic E-state index is 12.0. The minimum atomic E-state index is -0.587. The third-order valence-corrected chi connectivity index (χ3v) is 3.44. The summed E-state index contributed by atoms with van der Waals surface area (Å²) >= 11 is 0. The van der Waals surface area contributed by atoms with Crippen molar-refractivity contribution in [3.63, 3.8) is 0 Å². The highest BCUT2D eigenvalue weighted by Gasteiger charge is 2.41. The molecule has 3 N–H and O–H groups in total. The summed E-state index contributed by atoms with van der Waals surface area (Å²) in [6, 6.07) is 8.10. The third kappa shape index (κ3) is 3.81. The van der Waals surface area contributed by atoms with E-state index in [1.165, 1.54) is 5.56 Å². The molecule has 1 aliphatic heterocycles. The van der Waals surface area contributed by atoms with Gasteiger partial charge in [-0.2, -0.15) is 0 Å². The normalized spacial score (nSPS) is 16.2. The van der Waals surface area contributed by atoms with E-state index in [0.717, 1.165) is 5.56 Å². The van der Waals surface area contributed by atoms with Crippen molar-refractivity contribution < 1.29 is 14.3 Å². The minimum absolute atomic E-state index is 0.0740. The van der Waals surface area contributed by atoms with Gasteiger partial charge < -0.3 is 15.8 Å². The first kappa shape index (κ1) is 14.5. The Morgan fingerprint density at radius 3 is 2.45 bits per heavy atom. The van der Waals surface area contributed by atoms with E-state index in [2.05, 4.69) is 5.32 Å². The number of amides is 2. The van der Waals surface area contributed by atoms with E-state index >= 15 is 0 Å². The Balaban J connectivity index is 1.83. The van der Waals surface area contributed by atoms with E-state index in [0.29, 0.717) is 26.1 Å². The quantitative estimate of drug-likeness (QED) is 0.802. The third-order valence-electron chi connectivity index (χ3n) is 3.44. The predicted octanol–water partition coefficient (Wildman–Crippen LogP) is 0.688. The lowest BCUT2D eigenvalue weighted by Crippen LogP contribution is -2.63. The van der Waals surface area contributed by atoms with Crippen molar-refractivity contribution in [3.8, 4) is 0 Å². The summed E-state index contributed by atoms with van der Waals surface area (Å²) in [6.07, 6.45) is 1.20. The molecule has 2 amide bonds. The average Bonchev–Trinajstić information content (AvgIpc) is 2.35. The molecular formula is C15H20N2O3.